The fourth-order valence-electron chi connectivity index (χ4n) is 1.86. The maximum absolute atomic E-state index is 13.4. The van der Waals surface area contributed by atoms with Crippen molar-refractivity contribution in [1.29, 1.82) is 0 Å². The molecule has 5 nitrogen and oxygen atoms in total. The summed E-state index contributed by atoms with van der Waals surface area (Å²) >= 11 is 0. The average molecular weight is 302 g/mol. The molecule has 0 unspecified atom stereocenters. The van der Waals surface area contributed by atoms with Crippen molar-refractivity contribution in [2.45, 2.75) is 13.5 Å². The van der Waals surface area contributed by atoms with E-state index in [9.17, 15) is 14.0 Å². The SMILES string of the molecule is Cc1ccc(C(=O)NCc2ccc(C(=O)NO)cc2)cc1F. The van der Waals surface area contributed by atoms with Crippen LogP contribution in [0.3, 0.4) is 0 Å². The van der Waals surface area contributed by atoms with E-state index in [1.807, 2.05) is 0 Å². The predicted molar refractivity (Wildman–Crippen MR) is 78.0 cm³/mol. The number of benzene rings is 2. The van der Waals surface area contributed by atoms with Crippen molar-refractivity contribution >= 4 is 11.8 Å². The largest absolute Gasteiger partial charge is 0.348 e. The van der Waals surface area contributed by atoms with Crippen LogP contribution in [-0.2, 0) is 6.54 Å². The van der Waals surface area contributed by atoms with Crippen LogP contribution in [0.2, 0.25) is 0 Å². The van der Waals surface area contributed by atoms with Gasteiger partial charge in [-0.1, -0.05) is 18.2 Å². The molecule has 114 valence electrons. The number of carbonyl (C=O) groups is 2. The van der Waals surface area contributed by atoms with Crippen LogP contribution < -0.4 is 10.8 Å². The second kappa shape index (κ2) is 6.82. The maximum atomic E-state index is 13.4. The normalized spacial score (nSPS) is 10.1. The minimum atomic E-state index is -0.606. The zero-order valence-corrected chi connectivity index (χ0v) is 11.9. The number of amides is 2. The molecule has 0 spiro atoms. The van der Waals surface area contributed by atoms with Crippen molar-refractivity contribution in [3.05, 3.63) is 70.5 Å². The Labute approximate surface area is 126 Å². The molecule has 0 heterocycles. The first-order valence-corrected chi connectivity index (χ1v) is 6.59. The zero-order valence-electron chi connectivity index (χ0n) is 11.9. The van der Waals surface area contributed by atoms with Crippen molar-refractivity contribution in [3.63, 3.8) is 0 Å². The molecule has 2 amide bonds. The van der Waals surface area contributed by atoms with Gasteiger partial charge in [-0.3, -0.25) is 14.8 Å². The third-order valence-electron chi connectivity index (χ3n) is 3.20. The van der Waals surface area contributed by atoms with Crippen molar-refractivity contribution in [1.82, 2.24) is 10.8 Å². The Hall–Kier alpha value is -2.73. The molecular weight excluding hydrogens is 287 g/mol. The van der Waals surface area contributed by atoms with Gasteiger partial charge < -0.3 is 5.32 Å². The highest BCUT2D eigenvalue weighted by Crippen LogP contribution is 2.10. The summed E-state index contributed by atoms with van der Waals surface area (Å²) in [5.41, 5.74) is 3.35. The summed E-state index contributed by atoms with van der Waals surface area (Å²) in [6.45, 7) is 1.87. The molecule has 0 aliphatic rings. The number of rotatable bonds is 4. The van der Waals surface area contributed by atoms with Gasteiger partial charge in [0.05, 0.1) is 0 Å². The Morgan fingerprint density at radius 1 is 1.05 bits per heavy atom. The Morgan fingerprint density at radius 3 is 2.27 bits per heavy atom. The molecule has 2 rings (SSSR count). The number of carbonyl (C=O) groups excluding carboxylic acids is 2. The van der Waals surface area contributed by atoms with Gasteiger partial charge in [0.25, 0.3) is 11.8 Å². The zero-order chi connectivity index (χ0) is 16.1. The number of nitrogens with one attached hydrogen (secondary N) is 2. The monoisotopic (exact) mass is 302 g/mol. The van der Waals surface area contributed by atoms with Crippen molar-refractivity contribution in [2.24, 2.45) is 0 Å². The summed E-state index contributed by atoms with van der Waals surface area (Å²) < 4.78 is 13.4. The van der Waals surface area contributed by atoms with Gasteiger partial charge in [0, 0.05) is 17.7 Å². The minimum absolute atomic E-state index is 0.245. The topological polar surface area (TPSA) is 78.4 Å². The molecule has 0 saturated heterocycles. The first kappa shape index (κ1) is 15.7. The molecule has 0 bridgehead atoms. The molecule has 0 radical (unpaired) electrons. The second-order valence-corrected chi connectivity index (χ2v) is 4.78. The van der Waals surface area contributed by atoms with Gasteiger partial charge in [0.1, 0.15) is 5.82 Å². The van der Waals surface area contributed by atoms with Crippen molar-refractivity contribution in [3.8, 4) is 0 Å². The van der Waals surface area contributed by atoms with Crippen molar-refractivity contribution in [2.75, 3.05) is 0 Å². The molecule has 2 aromatic rings. The average Bonchev–Trinajstić information content (AvgIpc) is 2.54. The molecular formula is C16H15FN2O3. The highest BCUT2D eigenvalue weighted by Gasteiger charge is 2.08. The molecule has 22 heavy (non-hydrogen) atoms. The van der Waals surface area contributed by atoms with E-state index in [0.717, 1.165) is 5.56 Å². The van der Waals surface area contributed by atoms with Gasteiger partial charge in [-0.15, -0.1) is 0 Å². The van der Waals surface area contributed by atoms with E-state index in [0.29, 0.717) is 11.1 Å². The van der Waals surface area contributed by atoms with E-state index in [2.05, 4.69) is 5.32 Å². The molecule has 0 aromatic heterocycles. The molecule has 0 atom stereocenters. The van der Waals surface area contributed by atoms with Crippen LogP contribution in [0.1, 0.15) is 31.8 Å². The lowest BCUT2D eigenvalue weighted by Gasteiger charge is -2.07. The maximum Gasteiger partial charge on any atom is 0.274 e. The van der Waals surface area contributed by atoms with Gasteiger partial charge in [0.2, 0.25) is 0 Å². The highest BCUT2D eigenvalue weighted by molar-refractivity contribution is 5.94. The van der Waals surface area contributed by atoms with Gasteiger partial charge in [-0.2, -0.15) is 0 Å². The lowest BCUT2D eigenvalue weighted by atomic mass is 10.1. The third kappa shape index (κ3) is 3.67. The van der Waals surface area contributed by atoms with Crippen LogP contribution in [0.15, 0.2) is 42.5 Å². The Balaban J connectivity index is 1.98. The quantitative estimate of drug-likeness (QED) is 0.598. The summed E-state index contributed by atoms with van der Waals surface area (Å²) in [5.74, 6) is -1.41. The molecule has 3 N–H and O–H groups in total. The first-order valence-electron chi connectivity index (χ1n) is 6.59. The molecule has 0 aliphatic carbocycles. The number of halogens is 1. The minimum Gasteiger partial charge on any atom is -0.348 e. The summed E-state index contributed by atoms with van der Waals surface area (Å²) in [6.07, 6.45) is 0. The predicted octanol–water partition coefficient (Wildman–Crippen LogP) is 2.18. The van der Waals surface area contributed by atoms with Crippen LogP contribution in [0.25, 0.3) is 0 Å². The molecule has 0 saturated carbocycles. The molecule has 2 aromatic carbocycles. The van der Waals surface area contributed by atoms with Crippen molar-refractivity contribution < 1.29 is 19.2 Å². The summed E-state index contributed by atoms with van der Waals surface area (Å²) in [4.78, 5) is 23.1. The van der Waals surface area contributed by atoms with Crippen LogP contribution in [0.5, 0.6) is 0 Å². The van der Waals surface area contributed by atoms with Crippen LogP contribution in [0, 0.1) is 12.7 Å². The van der Waals surface area contributed by atoms with Gasteiger partial charge in [-0.05, 0) is 42.3 Å². The van der Waals surface area contributed by atoms with Crippen LogP contribution in [0.4, 0.5) is 4.39 Å². The summed E-state index contributed by atoms with van der Waals surface area (Å²) in [6, 6.07) is 10.7. The number of hydrogen-bond acceptors (Lipinski definition) is 3. The van der Waals surface area contributed by atoms with E-state index < -0.39 is 11.7 Å². The highest BCUT2D eigenvalue weighted by atomic mass is 19.1. The lowest BCUT2D eigenvalue weighted by molar-refractivity contribution is 0.0706. The van der Waals surface area contributed by atoms with Gasteiger partial charge >= 0.3 is 0 Å². The second-order valence-electron chi connectivity index (χ2n) is 4.78. The van der Waals surface area contributed by atoms with E-state index in [1.54, 1.807) is 31.2 Å². The van der Waals surface area contributed by atoms with E-state index >= 15 is 0 Å². The van der Waals surface area contributed by atoms with Crippen LogP contribution in [-0.4, -0.2) is 17.0 Å². The van der Waals surface area contributed by atoms with Crippen LogP contribution >= 0.6 is 0 Å². The Kier molecular flexibility index (Phi) is 4.85. The fourth-order valence-corrected chi connectivity index (χ4v) is 1.86. The Morgan fingerprint density at radius 2 is 1.68 bits per heavy atom. The standard InChI is InChI=1S/C16H15FN2O3/c1-10-2-5-13(8-14(10)17)15(20)18-9-11-3-6-12(7-4-11)16(21)19-22/h2-8,22H,9H2,1H3,(H,18,20)(H,19,21). The van der Waals surface area contributed by atoms with E-state index in [-0.39, 0.29) is 18.0 Å². The molecule has 0 fully saturated rings. The Bertz CT molecular complexity index is 699. The van der Waals surface area contributed by atoms with E-state index in [4.69, 9.17) is 5.21 Å². The fraction of sp³-hybridized carbons (Fsp3) is 0.125. The lowest BCUT2D eigenvalue weighted by Crippen LogP contribution is -2.23. The third-order valence-corrected chi connectivity index (χ3v) is 3.20. The van der Waals surface area contributed by atoms with Gasteiger partial charge in [0.15, 0.2) is 0 Å². The number of aryl methyl sites for hydroxylation is 1. The van der Waals surface area contributed by atoms with Gasteiger partial charge in [-0.25, -0.2) is 9.87 Å². The number of hydroxylamine groups is 1. The molecule has 0 aliphatic heterocycles. The molecule has 6 heteroatoms. The van der Waals surface area contributed by atoms with E-state index in [1.165, 1.54) is 23.7 Å². The first-order chi connectivity index (χ1) is 10.5. The summed E-state index contributed by atoms with van der Waals surface area (Å²) in [7, 11) is 0. The number of hydrogen-bond donors (Lipinski definition) is 3. The summed E-state index contributed by atoms with van der Waals surface area (Å²) in [5, 5.41) is 11.2. The smallest absolute Gasteiger partial charge is 0.274 e.